The number of likely N-dealkylation sites (tertiary alicyclic amines) is 1. The van der Waals surface area contributed by atoms with E-state index in [1.54, 1.807) is 30.3 Å². The summed E-state index contributed by atoms with van der Waals surface area (Å²) in [7, 11) is 0. The molecule has 3 N–H and O–H groups in total. The van der Waals surface area contributed by atoms with E-state index in [4.69, 9.17) is 0 Å². The van der Waals surface area contributed by atoms with Crippen molar-refractivity contribution < 1.29 is 42.2 Å². The van der Waals surface area contributed by atoms with Crippen molar-refractivity contribution in [3.05, 3.63) is 35.9 Å². The number of nitrogens with one attached hydrogen (secondary N) is 2. The number of carbonyl (C=O) groups excluding carboxylic acids is 4. The molecule has 9 nitrogen and oxygen atoms in total. The topological polar surface area (TPSA) is 125 Å². The van der Waals surface area contributed by atoms with Crippen LogP contribution >= 0.6 is 0 Å². The van der Waals surface area contributed by atoms with Gasteiger partial charge in [-0.2, -0.15) is 0 Å². The number of carbonyl (C=O) groups is 4. The Hall–Kier alpha value is -2.99. The molecule has 192 valence electrons. The van der Waals surface area contributed by atoms with Gasteiger partial charge in [-0.3, -0.25) is 23.9 Å². The van der Waals surface area contributed by atoms with Gasteiger partial charge in [-0.25, -0.2) is 0 Å². The molecule has 1 aromatic carbocycles. The third-order valence-corrected chi connectivity index (χ3v) is 6.20. The molecule has 1 unspecified atom stereocenters. The van der Waals surface area contributed by atoms with Crippen LogP contribution in [0.15, 0.2) is 30.3 Å². The van der Waals surface area contributed by atoms with Gasteiger partial charge < -0.3 is 20.6 Å². The van der Waals surface area contributed by atoms with Crippen LogP contribution in [-0.2, 0) is 23.9 Å². The lowest BCUT2D eigenvalue weighted by atomic mass is 9.94. The number of alkyl halides is 3. The summed E-state index contributed by atoms with van der Waals surface area (Å²) in [5.74, 6) is -3.46. The van der Waals surface area contributed by atoms with Gasteiger partial charge in [0.25, 0.3) is 5.91 Å². The maximum atomic E-state index is 13.1. The third kappa shape index (κ3) is 7.25. The van der Waals surface area contributed by atoms with Gasteiger partial charge in [0.05, 0.1) is 6.04 Å². The molecule has 0 aromatic heterocycles. The highest BCUT2D eigenvalue weighted by atomic mass is 19.4. The van der Waals surface area contributed by atoms with E-state index in [1.807, 2.05) is 0 Å². The van der Waals surface area contributed by atoms with Gasteiger partial charge >= 0.3 is 6.36 Å². The smallest absolute Gasteiger partial charge is 0.378 e. The monoisotopic (exact) mass is 499 g/mol. The fourth-order valence-corrected chi connectivity index (χ4v) is 4.35. The van der Waals surface area contributed by atoms with E-state index in [0.29, 0.717) is 31.4 Å². The number of piperidine rings is 1. The van der Waals surface area contributed by atoms with Crippen molar-refractivity contribution >= 4 is 23.5 Å². The summed E-state index contributed by atoms with van der Waals surface area (Å²) in [5.41, 5.74) is 0.354. The lowest BCUT2D eigenvalue weighted by molar-refractivity contribution is -0.321. The summed E-state index contributed by atoms with van der Waals surface area (Å²) in [6.45, 7) is -0.760. The number of aliphatic hydroxyl groups excluding tert-OH is 1. The van der Waals surface area contributed by atoms with Crippen molar-refractivity contribution in [1.82, 2.24) is 15.5 Å². The first-order valence-electron chi connectivity index (χ1n) is 11.4. The average Bonchev–Trinajstić information content (AvgIpc) is 3.25. The molecule has 0 saturated carbocycles. The van der Waals surface area contributed by atoms with Gasteiger partial charge in [-0.05, 0) is 37.7 Å². The van der Waals surface area contributed by atoms with Crippen LogP contribution in [0.2, 0.25) is 0 Å². The molecule has 35 heavy (non-hydrogen) atoms. The molecule has 3 rings (SSSR count). The number of hydrogen-bond acceptors (Lipinski definition) is 6. The van der Waals surface area contributed by atoms with Crippen molar-refractivity contribution in [2.24, 2.45) is 5.92 Å². The number of aliphatic hydroxyl groups is 1. The SMILES string of the molecule is O=C(N[C@@H](C[C@@H]1CCNC1=O)C(=O)COC(F)(F)F)C1CCCCN1C(=O)[C@@H](O)c1ccccc1. The summed E-state index contributed by atoms with van der Waals surface area (Å²) < 4.78 is 41.0. The third-order valence-electron chi connectivity index (χ3n) is 6.20. The number of ether oxygens (including phenoxy) is 1. The summed E-state index contributed by atoms with van der Waals surface area (Å²) in [5, 5.41) is 15.6. The lowest BCUT2D eigenvalue weighted by Crippen LogP contribution is -2.56. The highest BCUT2D eigenvalue weighted by Gasteiger charge is 2.39. The molecule has 2 heterocycles. The number of hydrogen-bond donors (Lipinski definition) is 3. The van der Waals surface area contributed by atoms with Crippen molar-refractivity contribution in [2.75, 3.05) is 19.7 Å². The minimum Gasteiger partial charge on any atom is -0.378 e. The Kier molecular flexibility index (Phi) is 8.84. The fraction of sp³-hybridized carbons (Fsp3) is 0.565. The second-order valence-corrected chi connectivity index (χ2v) is 8.63. The van der Waals surface area contributed by atoms with Crippen LogP contribution in [0.1, 0.15) is 43.8 Å². The molecule has 1 aromatic rings. The van der Waals surface area contributed by atoms with Gasteiger partial charge in [-0.15, -0.1) is 13.2 Å². The van der Waals surface area contributed by atoms with Gasteiger partial charge in [0.2, 0.25) is 11.8 Å². The van der Waals surface area contributed by atoms with E-state index < -0.39 is 54.7 Å². The molecule has 2 saturated heterocycles. The summed E-state index contributed by atoms with van der Waals surface area (Å²) >= 11 is 0. The minimum absolute atomic E-state index is 0.190. The summed E-state index contributed by atoms with van der Waals surface area (Å²) in [6.07, 6.45) is -4.89. The van der Waals surface area contributed by atoms with Crippen LogP contribution in [0.4, 0.5) is 13.2 Å². The van der Waals surface area contributed by atoms with Gasteiger partial charge in [0, 0.05) is 19.0 Å². The van der Waals surface area contributed by atoms with Crippen molar-refractivity contribution in [2.45, 2.75) is 56.7 Å². The average molecular weight is 499 g/mol. The van der Waals surface area contributed by atoms with E-state index >= 15 is 0 Å². The molecule has 0 radical (unpaired) electrons. The standard InChI is InChI=1S/C23H28F3N3O6/c24-23(25,26)35-13-18(30)16(12-15-9-10-27-20(15)32)28-21(33)17-8-4-5-11-29(17)22(34)19(31)14-6-2-1-3-7-14/h1-3,6-7,15-17,19,31H,4-5,8-13H2,(H,27,32)(H,28,33)/t15-,16-,17?,19-/m0/s1. The zero-order valence-corrected chi connectivity index (χ0v) is 18.9. The number of rotatable bonds is 9. The quantitative estimate of drug-likeness (QED) is 0.469. The van der Waals surface area contributed by atoms with Gasteiger partial charge in [0.1, 0.15) is 12.6 Å². The van der Waals surface area contributed by atoms with E-state index in [0.717, 1.165) is 0 Å². The molecule has 0 bridgehead atoms. The first kappa shape index (κ1) is 26.6. The molecular weight excluding hydrogens is 471 g/mol. The van der Waals surface area contributed by atoms with Crippen LogP contribution in [0.5, 0.6) is 0 Å². The van der Waals surface area contributed by atoms with Gasteiger partial charge in [0.15, 0.2) is 11.9 Å². The number of halogens is 3. The first-order chi connectivity index (χ1) is 16.6. The fourth-order valence-electron chi connectivity index (χ4n) is 4.35. The normalized spacial score (nSPS) is 22.3. The molecule has 3 amide bonds. The Balaban J connectivity index is 1.73. The number of nitrogens with zero attached hydrogens (tertiary/aromatic N) is 1. The van der Waals surface area contributed by atoms with Crippen LogP contribution < -0.4 is 10.6 Å². The molecule has 12 heteroatoms. The highest BCUT2D eigenvalue weighted by molar-refractivity contribution is 5.94. The molecule has 2 fully saturated rings. The van der Waals surface area contributed by atoms with E-state index in [-0.39, 0.29) is 25.3 Å². The highest BCUT2D eigenvalue weighted by Crippen LogP contribution is 2.24. The predicted molar refractivity (Wildman–Crippen MR) is 115 cm³/mol. The molecular formula is C23H28F3N3O6. The summed E-state index contributed by atoms with van der Waals surface area (Å²) in [4.78, 5) is 51.8. The first-order valence-corrected chi connectivity index (χ1v) is 11.4. The maximum Gasteiger partial charge on any atom is 0.522 e. The zero-order chi connectivity index (χ0) is 25.6. The second-order valence-electron chi connectivity index (χ2n) is 8.63. The van der Waals surface area contributed by atoms with Crippen molar-refractivity contribution in [3.63, 3.8) is 0 Å². The Morgan fingerprint density at radius 2 is 1.89 bits per heavy atom. The zero-order valence-electron chi connectivity index (χ0n) is 18.9. The summed E-state index contributed by atoms with van der Waals surface area (Å²) in [6, 6.07) is 5.76. The Bertz CT molecular complexity index is 927. The van der Waals surface area contributed by atoms with Crippen molar-refractivity contribution in [3.8, 4) is 0 Å². The number of amides is 3. The molecule has 0 spiro atoms. The Labute approximate surface area is 200 Å². The van der Waals surface area contributed by atoms with E-state index in [9.17, 15) is 37.5 Å². The number of benzene rings is 1. The van der Waals surface area contributed by atoms with Gasteiger partial charge in [-0.1, -0.05) is 30.3 Å². The molecule has 0 aliphatic carbocycles. The minimum atomic E-state index is -5.03. The van der Waals surface area contributed by atoms with Crippen LogP contribution in [0.25, 0.3) is 0 Å². The number of ketones is 1. The van der Waals surface area contributed by atoms with Crippen LogP contribution in [-0.4, -0.2) is 71.7 Å². The number of Topliss-reactive ketones (excluding diaryl/α,β-unsaturated/α-hetero) is 1. The van der Waals surface area contributed by atoms with E-state index in [2.05, 4.69) is 15.4 Å². The second kappa shape index (κ2) is 11.6. The Morgan fingerprint density at radius 1 is 1.17 bits per heavy atom. The van der Waals surface area contributed by atoms with Crippen LogP contribution in [0, 0.1) is 5.92 Å². The van der Waals surface area contributed by atoms with E-state index in [1.165, 1.54) is 4.90 Å². The van der Waals surface area contributed by atoms with Crippen molar-refractivity contribution in [1.29, 1.82) is 0 Å². The molecule has 2 aliphatic rings. The lowest BCUT2D eigenvalue weighted by Gasteiger charge is -2.36. The van der Waals surface area contributed by atoms with Crippen LogP contribution in [0.3, 0.4) is 0 Å². The largest absolute Gasteiger partial charge is 0.522 e. The Morgan fingerprint density at radius 3 is 2.51 bits per heavy atom. The molecule has 2 aliphatic heterocycles. The predicted octanol–water partition coefficient (Wildman–Crippen LogP) is 1.22. The maximum absolute atomic E-state index is 13.1. The molecule has 4 atom stereocenters.